The number of halogens is 1. The number of hydrogen-bond acceptors (Lipinski definition) is 3. The van der Waals surface area contributed by atoms with E-state index < -0.39 is 5.91 Å². The molecule has 1 heterocycles. The van der Waals surface area contributed by atoms with Crippen molar-refractivity contribution in [1.82, 2.24) is 5.32 Å². The lowest BCUT2D eigenvalue weighted by molar-refractivity contribution is 0.0995. The number of amides is 1. The molecule has 1 aliphatic rings. The van der Waals surface area contributed by atoms with E-state index in [4.69, 9.17) is 22.1 Å². The molecule has 0 radical (unpaired) electrons. The summed E-state index contributed by atoms with van der Waals surface area (Å²) in [4.78, 5) is 11.3. The molecule has 1 aromatic carbocycles. The quantitative estimate of drug-likeness (QED) is 0.877. The Morgan fingerprint density at radius 2 is 2.33 bits per heavy atom. The Morgan fingerprint density at radius 3 is 3.00 bits per heavy atom. The number of benzene rings is 1. The van der Waals surface area contributed by atoms with Crippen LogP contribution in [0, 0.1) is 0 Å². The molecule has 1 amide bonds. The highest BCUT2D eigenvalue weighted by Crippen LogP contribution is 2.23. The van der Waals surface area contributed by atoms with Gasteiger partial charge in [0.2, 0.25) is 0 Å². The third kappa shape index (κ3) is 3.37. The number of carbonyl (C=O) groups is 1. The lowest BCUT2D eigenvalue weighted by atomic mass is 10.1. The lowest BCUT2D eigenvalue weighted by Crippen LogP contribution is -2.38. The number of rotatable bonds is 4. The second-order valence-corrected chi connectivity index (χ2v) is 4.90. The van der Waals surface area contributed by atoms with Crippen LogP contribution in [0.5, 0.6) is 5.75 Å². The average molecular weight is 269 g/mol. The molecule has 1 unspecified atom stereocenters. The fourth-order valence-electron chi connectivity index (χ4n) is 2.08. The number of carbonyl (C=O) groups excluding carboxylic acids is 1. The number of piperidine rings is 1. The molecule has 1 aliphatic heterocycles. The van der Waals surface area contributed by atoms with E-state index in [1.165, 1.54) is 18.9 Å². The summed E-state index contributed by atoms with van der Waals surface area (Å²) < 4.78 is 5.67. The van der Waals surface area contributed by atoms with E-state index in [1.807, 2.05) is 0 Å². The van der Waals surface area contributed by atoms with Crippen LogP contribution in [0.4, 0.5) is 0 Å². The van der Waals surface area contributed by atoms with Gasteiger partial charge < -0.3 is 15.8 Å². The molecule has 2 rings (SSSR count). The molecule has 1 saturated heterocycles. The van der Waals surface area contributed by atoms with Gasteiger partial charge in [-0.2, -0.15) is 0 Å². The van der Waals surface area contributed by atoms with E-state index in [2.05, 4.69) is 5.32 Å². The molecule has 0 aliphatic carbocycles. The monoisotopic (exact) mass is 268 g/mol. The first-order valence-corrected chi connectivity index (χ1v) is 6.50. The zero-order chi connectivity index (χ0) is 13.0. The summed E-state index contributed by atoms with van der Waals surface area (Å²) in [5.74, 6) is -0.0247. The Kier molecular flexibility index (Phi) is 4.44. The Labute approximate surface area is 111 Å². The SMILES string of the molecule is NC(=O)c1cc(Cl)ccc1OCC1CCCCN1. The van der Waals surface area contributed by atoms with Crippen molar-refractivity contribution in [2.75, 3.05) is 13.2 Å². The second kappa shape index (κ2) is 6.07. The molecular weight excluding hydrogens is 252 g/mol. The van der Waals surface area contributed by atoms with Crippen molar-refractivity contribution in [2.24, 2.45) is 5.73 Å². The fraction of sp³-hybridized carbons (Fsp3) is 0.462. The maximum absolute atomic E-state index is 11.3. The van der Waals surface area contributed by atoms with E-state index in [-0.39, 0.29) is 0 Å². The highest BCUT2D eigenvalue weighted by molar-refractivity contribution is 6.31. The van der Waals surface area contributed by atoms with Crippen molar-refractivity contribution < 1.29 is 9.53 Å². The molecule has 5 heteroatoms. The van der Waals surface area contributed by atoms with Gasteiger partial charge in [0.05, 0.1) is 5.56 Å². The Hall–Kier alpha value is -1.26. The van der Waals surface area contributed by atoms with Gasteiger partial charge in [-0.3, -0.25) is 4.79 Å². The van der Waals surface area contributed by atoms with Gasteiger partial charge in [0.15, 0.2) is 0 Å². The third-order valence-corrected chi connectivity index (χ3v) is 3.29. The van der Waals surface area contributed by atoms with Crippen molar-refractivity contribution in [3.63, 3.8) is 0 Å². The highest BCUT2D eigenvalue weighted by Gasteiger charge is 2.15. The van der Waals surface area contributed by atoms with E-state index in [0.29, 0.717) is 29.0 Å². The molecule has 1 fully saturated rings. The summed E-state index contributed by atoms with van der Waals surface area (Å²) >= 11 is 5.83. The van der Waals surface area contributed by atoms with Crippen LogP contribution >= 0.6 is 11.6 Å². The summed E-state index contributed by atoms with van der Waals surface area (Å²) in [5, 5.41) is 3.86. The van der Waals surface area contributed by atoms with E-state index >= 15 is 0 Å². The number of nitrogens with two attached hydrogens (primary N) is 1. The summed E-state index contributed by atoms with van der Waals surface area (Å²) in [5.41, 5.74) is 5.63. The fourth-order valence-corrected chi connectivity index (χ4v) is 2.25. The lowest BCUT2D eigenvalue weighted by Gasteiger charge is -2.23. The van der Waals surface area contributed by atoms with Gasteiger partial charge in [0.25, 0.3) is 5.91 Å². The Balaban J connectivity index is 2.01. The molecule has 18 heavy (non-hydrogen) atoms. The van der Waals surface area contributed by atoms with E-state index in [9.17, 15) is 4.79 Å². The minimum atomic E-state index is -0.524. The number of hydrogen-bond donors (Lipinski definition) is 2. The van der Waals surface area contributed by atoms with Crippen molar-refractivity contribution in [1.29, 1.82) is 0 Å². The first kappa shape index (κ1) is 13.2. The van der Waals surface area contributed by atoms with Crippen LogP contribution in [0.15, 0.2) is 18.2 Å². The number of primary amides is 1. The first-order chi connectivity index (χ1) is 8.66. The molecule has 4 nitrogen and oxygen atoms in total. The minimum absolute atomic E-state index is 0.332. The van der Waals surface area contributed by atoms with Gasteiger partial charge in [0.1, 0.15) is 12.4 Å². The molecule has 98 valence electrons. The van der Waals surface area contributed by atoms with Crippen LogP contribution in [-0.2, 0) is 0 Å². The van der Waals surface area contributed by atoms with Crippen LogP contribution in [0.3, 0.4) is 0 Å². The van der Waals surface area contributed by atoms with Gasteiger partial charge in [0, 0.05) is 11.1 Å². The van der Waals surface area contributed by atoms with Crippen LogP contribution in [0.2, 0.25) is 5.02 Å². The zero-order valence-corrected chi connectivity index (χ0v) is 10.9. The minimum Gasteiger partial charge on any atom is -0.491 e. The maximum Gasteiger partial charge on any atom is 0.252 e. The van der Waals surface area contributed by atoms with Crippen LogP contribution in [0.1, 0.15) is 29.6 Å². The summed E-state index contributed by atoms with van der Waals surface area (Å²) in [6.07, 6.45) is 3.52. The number of ether oxygens (including phenoxy) is 1. The smallest absolute Gasteiger partial charge is 0.252 e. The van der Waals surface area contributed by atoms with Gasteiger partial charge >= 0.3 is 0 Å². The van der Waals surface area contributed by atoms with Gasteiger partial charge in [-0.05, 0) is 37.6 Å². The van der Waals surface area contributed by atoms with Crippen LogP contribution < -0.4 is 15.8 Å². The molecule has 0 bridgehead atoms. The van der Waals surface area contributed by atoms with Crippen molar-refractivity contribution in [3.05, 3.63) is 28.8 Å². The molecule has 0 spiro atoms. The van der Waals surface area contributed by atoms with E-state index in [1.54, 1.807) is 12.1 Å². The zero-order valence-electron chi connectivity index (χ0n) is 10.1. The second-order valence-electron chi connectivity index (χ2n) is 4.46. The molecular formula is C13H17ClN2O2. The number of nitrogens with one attached hydrogen (secondary N) is 1. The maximum atomic E-state index is 11.3. The Bertz CT molecular complexity index is 431. The van der Waals surface area contributed by atoms with Gasteiger partial charge in [-0.1, -0.05) is 18.0 Å². The molecule has 0 saturated carbocycles. The first-order valence-electron chi connectivity index (χ1n) is 6.12. The normalized spacial score (nSPS) is 19.5. The van der Waals surface area contributed by atoms with Crippen LogP contribution in [0.25, 0.3) is 0 Å². The highest BCUT2D eigenvalue weighted by atomic mass is 35.5. The predicted octanol–water partition coefficient (Wildman–Crippen LogP) is 1.96. The van der Waals surface area contributed by atoms with Gasteiger partial charge in [-0.15, -0.1) is 0 Å². The summed E-state index contributed by atoms with van der Waals surface area (Å²) in [6.45, 7) is 1.57. The third-order valence-electron chi connectivity index (χ3n) is 3.06. The summed E-state index contributed by atoms with van der Waals surface area (Å²) in [6, 6.07) is 5.26. The van der Waals surface area contributed by atoms with Crippen molar-refractivity contribution >= 4 is 17.5 Å². The largest absolute Gasteiger partial charge is 0.491 e. The van der Waals surface area contributed by atoms with E-state index in [0.717, 1.165) is 13.0 Å². The molecule has 1 atom stereocenters. The Morgan fingerprint density at radius 1 is 1.50 bits per heavy atom. The van der Waals surface area contributed by atoms with Crippen molar-refractivity contribution in [2.45, 2.75) is 25.3 Å². The standard InChI is InChI=1S/C13H17ClN2O2/c14-9-4-5-12(11(7-9)13(15)17)18-8-10-3-1-2-6-16-10/h4-5,7,10,16H,1-3,6,8H2,(H2,15,17). The topological polar surface area (TPSA) is 64.4 Å². The molecule has 1 aromatic rings. The van der Waals surface area contributed by atoms with Gasteiger partial charge in [-0.25, -0.2) is 0 Å². The molecule has 0 aromatic heterocycles. The average Bonchev–Trinajstić information content (AvgIpc) is 2.38. The van der Waals surface area contributed by atoms with Crippen LogP contribution in [-0.4, -0.2) is 25.1 Å². The summed E-state index contributed by atoms with van der Waals surface area (Å²) in [7, 11) is 0. The van der Waals surface area contributed by atoms with Crippen molar-refractivity contribution in [3.8, 4) is 5.75 Å². The molecule has 3 N–H and O–H groups in total. The predicted molar refractivity (Wildman–Crippen MR) is 71.1 cm³/mol.